The molecule has 92 valence electrons. The van der Waals surface area contributed by atoms with Gasteiger partial charge in [0.05, 0.1) is 6.26 Å². The molecule has 16 heavy (non-hydrogen) atoms. The van der Waals surface area contributed by atoms with Gasteiger partial charge in [0.2, 0.25) is 10.0 Å². The van der Waals surface area contributed by atoms with Gasteiger partial charge in [0.1, 0.15) is 0 Å². The van der Waals surface area contributed by atoms with Crippen molar-refractivity contribution in [3.05, 3.63) is 0 Å². The van der Waals surface area contributed by atoms with Gasteiger partial charge in [-0.05, 0) is 55.8 Å². The fourth-order valence-corrected chi connectivity index (χ4v) is 6.26. The number of hydrogen-bond donors (Lipinski definition) is 1. The first-order chi connectivity index (χ1) is 7.28. The van der Waals surface area contributed by atoms with Crippen molar-refractivity contribution in [2.24, 2.45) is 17.3 Å². The lowest BCUT2D eigenvalue weighted by atomic mass is 9.48. The maximum Gasteiger partial charge on any atom is 0.209 e. The third-order valence-corrected chi connectivity index (χ3v) is 5.56. The van der Waals surface area contributed by atoms with Gasteiger partial charge in [0.15, 0.2) is 0 Å². The van der Waals surface area contributed by atoms with Crippen LogP contribution in [0.1, 0.15) is 45.4 Å². The van der Waals surface area contributed by atoms with Crippen molar-refractivity contribution >= 4 is 10.0 Å². The Balaban J connectivity index is 1.92. The Morgan fingerprint density at radius 3 is 2.12 bits per heavy atom. The summed E-state index contributed by atoms with van der Waals surface area (Å²) in [7, 11) is -3.06. The molecule has 4 fully saturated rings. The summed E-state index contributed by atoms with van der Waals surface area (Å²) >= 11 is 0. The van der Waals surface area contributed by atoms with Crippen molar-refractivity contribution in [1.82, 2.24) is 4.72 Å². The van der Waals surface area contributed by atoms with E-state index in [9.17, 15) is 8.42 Å². The molecule has 0 radical (unpaired) electrons. The second kappa shape index (κ2) is 3.02. The van der Waals surface area contributed by atoms with Crippen LogP contribution in [0.2, 0.25) is 0 Å². The molecule has 0 amide bonds. The highest BCUT2D eigenvalue weighted by Gasteiger charge is 2.56. The van der Waals surface area contributed by atoms with Gasteiger partial charge in [0, 0.05) is 5.54 Å². The highest BCUT2D eigenvalue weighted by Crippen LogP contribution is 2.61. The SMILES string of the molecule is CC12C[C@@H]3C[C@@H](C1)CC(NS(C)(=O)=O)(C3)C2. The summed E-state index contributed by atoms with van der Waals surface area (Å²) in [5, 5.41) is 0. The molecule has 0 aliphatic heterocycles. The lowest BCUT2D eigenvalue weighted by Gasteiger charge is -2.61. The van der Waals surface area contributed by atoms with E-state index < -0.39 is 10.0 Å². The van der Waals surface area contributed by atoms with Crippen LogP contribution in [-0.4, -0.2) is 20.2 Å². The number of sulfonamides is 1. The van der Waals surface area contributed by atoms with Gasteiger partial charge in [-0.25, -0.2) is 13.1 Å². The van der Waals surface area contributed by atoms with Crippen LogP contribution in [0, 0.1) is 17.3 Å². The molecule has 4 heteroatoms. The molecule has 0 aromatic rings. The number of rotatable bonds is 2. The second-order valence-corrected chi connectivity index (χ2v) is 8.67. The Hall–Kier alpha value is -0.0900. The zero-order valence-corrected chi connectivity index (χ0v) is 10.9. The Kier molecular flexibility index (Phi) is 2.08. The quantitative estimate of drug-likeness (QED) is 0.805. The zero-order chi connectivity index (χ0) is 11.6. The van der Waals surface area contributed by atoms with Crippen LogP contribution in [0.4, 0.5) is 0 Å². The molecule has 4 rings (SSSR count). The Bertz CT molecular complexity index is 401. The maximum absolute atomic E-state index is 11.5. The van der Waals surface area contributed by atoms with Crippen LogP contribution in [0.25, 0.3) is 0 Å². The maximum atomic E-state index is 11.5. The monoisotopic (exact) mass is 243 g/mol. The average molecular weight is 243 g/mol. The molecule has 0 saturated heterocycles. The van der Waals surface area contributed by atoms with E-state index in [1.165, 1.54) is 25.5 Å². The highest BCUT2D eigenvalue weighted by molar-refractivity contribution is 7.88. The summed E-state index contributed by atoms with van der Waals surface area (Å²) in [6.07, 6.45) is 8.47. The van der Waals surface area contributed by atoms with Gasteiger partial charge in [-0.1, -0.05) is 6.92 Å². The summed E-state index contributed by atoms with van der Waals surface area (Å²) in [6.45, 7) is 2.35. The fourth-order valence-electron chi connectivity index (χ4n) is 5.23. The van der Waals surface area contributed by atoms with Gasteiger partial charge < -0.3 is 0 Å². The van der Waals surface area contributed by atoms with E-state index in [1.807, 2.05) is 0 Å². The molecule has 0 aromatic heterocycles. The second-order valence-electron chi connectivity index (χ2n) is 6.93. The van der Waals surface area contributed by atoms with Crippen molar-refractivity contribution in [2.75, 3.05) is 6.26 Å². The minimum absolute atomic E-state index is 0.0909. The molecule has 0 unspecified atom stereocenters. The average Bonchev–Trinajstić information content (AvgIpc) is 1.91. The molecular weight excluding hydrogens is 222 g/mol. The van der Waals surface area contributed by atoms with E-state index in [0.29, 0.717) is 5.41 Å². The molecule has 0 heterocycles. The fraction of sp³-hybridized carbons (Fsp3) is 1.00. The third-order valence-electron chi connectivity index (χ3n) is 4.76. The van der Waals surface area contributed by atoms with Crippen LogP contribution >= 0.6 is 0 Å². The van der Waals surface area contributed by atoms with E-state index in [0.717, 1.165) is 31.1 Å². The Morgan fingerprint density at radius 1 is 1.12 bits per heavy atom. The Morgan fingerprint density at radius 2 is 1.69 bits per heavy atom. The molecule has 4 aliphatic rings. The van der Waals surface area contributed by atoms with E-state index in [-0.39, 0.29) is 5.54 Å². The van der Waals surface area contributed by atoms with E-state index in [4.69, 9.17) is 0 Å². The van der Waals surface area contributed by atoms with E-state index >= 15 is 0 Å². The van der Waals surface area contributed by atoms with Crippen molar-refractivity contribution in [1.29, 1.82) is 0 Å². The molecule has 4 bridgehead atoms. The van der Waals surface area contributed by atoms with Gasteiger partial charge in [0.25, 0.3) is 0 Å². The molecule has 1 N–H and O–H groups in total. The van der Waals surface area contributed by atoms with Crippen LogP contribution in [0.3, 0.4) is 0 Å². The van der Waals surface area contributed by atoms with Crippen LogP contribution < -0.4 is 4.72 Å². The van der Waals surface area contributed by atoms with Gasteiger partial charge >= 0.3 is 0 Å². The largest absolute Gasteiger partial charge is 0.213 e. The lowest BCUT2D eigenvalue weighted by molar-refractivity contribution is -0.0629. The summed E-state index contributed by atoms with van der Waals surface area (Å²) < 4.78 is 26.0. The third kappa shape index (κ3) is 1.80. The van der Waals surface area contributed by atoms with Crippen LogP contribution in [-0.2, 0) is 10.0 Å². The van der Waals surface area contributed by atoms with E-state index in [2.05, 4.69) is 11.6 Å². The summed E-state index contributed by atoms with van der Waals surface area (Å²) in [4.78, 5) is 0. The molecule has 2 atom stereocenters. The first kappa shape index (κ1) is 11.0. The normalized spacial score (nSPS) is 50.9. The summed E-state index contributed by atoms with van der Waals surface area (Å²) in [5.41, 5.74) is 0.314. The molecule has 3 nitrogen and oxygen atoms in total. The Labute approximate surface area is 98.0 Å². The van der Waals surface area contributed by atoms with E-state index in [1.54, 1.807) is 0 Å². The lowest BCUT2D eigenvalue weighted by Crippen LogP contribution is -2.62. The first-order valence-electron chi connectivity index (χ1n) is 6.27. The molecular formula is C12H21NO2S. The minimum atomic E-state index is -3.06. The standard InChI is InChI=1S/C12H21NO2S/c1-11-4-9-3-10(5-11)7-12(6-9,8-11)13-16(2,14)15/h9-10,13H,3-8H2,1-2H3/t9-,10-,11?,12?/m0/s1. The van der Waals surface area contributed by atoms with Gasteiger partial charge in [-0.3, -0.25) is 0 Å². The molecule has 0 spiro atoms. The van der Waals surface area contributed by atoms with Crippen molar-refractivity contribution in [3.8, 4) is 0 Å². The van der Waals surface area contributed by atoms with Crippen molar-refractivity contribution < 1.29 is 8.42 Å². The summed E-state index contributed by atoms with van der Waals surface area (Å²) in [5.74, 6) is 1.53. The molecule has 4 saturated carbocycles. The smallest absolute Gasteiger partial charge is 0.209 e. The number of nitrogens with one attached hydrogen (secondary N) is 1. The molecule has 0 aromatic carbocycles. The van der Waals surface area contributed by atoms with Crippen molar-refractivity contribution in [3.63, 3.8) is 0 Å². The summed E-state index contributed by atoms with van der Waals surface area (Å²) in [6, 6.07) is 0. The minimum Gasteiger partial charge on any atom is -0.213 e. The van der Waals surface area contributed by atoms with Crippen LogP contribution in [0.5, 0.6) is 0 Å². The highest BCUT2D eigenvalue weighted by atomic mass is 32.2. The van der Waals surface area contributed by atoms with Crippen molar-refractivity contribution in [2.45, 2.75) is 51.0 Å². The van der Waals surface area contributed by atoms with Crippen LogP contribution in [0.15, 0.2) is 0 Å². The predicted octanol–water partition coefficient (Wildman–Crippen LogP) is 1.89. The molecule has 4 aliphatic carbocycles. The first-order valence-corrected chi connectivity index (χ1v) is 8.16. The number of hydrogen-bond acceptors (Lipinski definition) is 2. The zero-order valence-electron chi connectivity index (χ0n) is 10.1. The predicted molar refractivity (Wildman–Crippen MR) is 63.5 cm³/mol. The van der Waals surface area contributed by atoms with Gasteiger partial charge in [-0.15, -0.1) is 0 Å². The van der Waals surface area contributed by atoms with Gasteiger partial charge in [-0.2, -0.15) is 0 Å². The topological polar surface area (TPSA) is 46.2 Å².